The van der Waals surface area contributed by atoms with Gasteiger partial charge in [0.1, 0.15) is 17.0 Å². The Balaban J connectivity index is 1.54. The van der Waals surface area contributed by atoms with Gasteiger partial charge in [0, 0.05) is 18.4 Å². The van der Waals surface area contributed by atoms with Crippen molar-refractivity contribution in [3.05, 3.63) is 0 Å². The van der Waals surface area contributed by atoms with Crippen molar-refractivity contribution in [2.24, 2.45) is 22.2 Å². The Morgan fingerprint density at radius 3 is 1.96 bits per heavy atom. The van der Waals surface area contributed by atoms with E-state index in [-0.39, 0.29) is 27.4 Å². The van der Waals surface area contributed by atoms with E-state index in [2.05, 4.69) is 6.92 Å². The van der Waals surface area contributed by atoms with Gasteiger partial charge in [-0.3, -0.25) is 4.79 Å². The standard InChI is InChI=1S/C23H32O4/c1-2-25-23-19(11-4-12-19)21(15-8-17(21)24)18(9-3-10-18)22(27-23,16-6-7-16)20(26-23)13-5-14-20/h16H,2-15H2,1H3/t21-,22+,23+/m1/s1. The topological polar surface area (TPSA) is 44.8 Å². The average Bonchev–Trinajstić information content (AvgIpc) is 3.34. The number of carbonyl (C=O) groups excluding carboxylic acids is 1. The minimum atomic E-state index is -0.958. The second-order valence-corrected chi connectivity index (χ2v) is 10.8. The third-order valence-corrected chi connectivity index (χ3v) is 10.5. The molecular formula is C23H32O4. The van der Waals surface area contributed by atoms with E-state index in [1.54, 1.807) is 0 Å². The number of ketones is 1. The van der Waals surface area contributed by atoms with Crippen molar-refractivity contribution in [3.8, 4) is 0 Å². The van der Waals surface area contributed by atoms with E-state index in [1.165, 1.54) is 44.9 Å². The van der Waals surface area contributed by atoms with Gasteiger partial charge >= 0.3 is 0 Å². The highest BCUT2D eigenvalue weighted by Crippen LogP contribution is 2.89. The van der Waals surface area contributed by atoms with Crippen LogP contribution in [0, 0.1) is 22.2 Å². The van der Waals surface area contributed by atoms with Gasteiger partial charge in [0.2, 0.25) is 0 Å². The van der Waals surface area contributed by atoms with Crippen molar-refractivity contribution in [3.63, 3.8) is 0 Å². The molecule has 0 radical (unpaired) electrons. The van der Waals surface area contributed by atoms with Crippen LogP contribution in [0.1, 0.15) is 90.4 Å². The highest BCUT2D eigenvalue weighted by Gasteiger charge is 2.95. The predicted molar refractivity (Wildman–Crippen MR) is 97.8 cm³/mol. The summed E-state index contributed by atoms with van der Waals surface area (Å²) in [6.07, 6.45) is 14.6. The summed E-state index contributed by atoms with van der Waals surface area (Å²) < 4.78 is 20.9. The highest BCUT2D eigenvalue weighted by atomic mass is 16.9. The molecule has 27 heavy (non-hydrogen) atoms. The van der Waals surface area contributed by atoms with Gasteiger partial charge in [0.05, 0.1) is 10.8 Å². The predicted octanol–water partition coefficient (Wildman–Crippen LogP) is 4.50. The molecule has 0 aromatic heterocycles. The molecule has 7 fully saturated rings. The van der Waals surface area contributed by atoms with Crippen molar-refractivity contribution >= 4 is 5.78 Å². The summed E-state index contributed by atoms with van der Waals surface area (Å²) in [5, 5.41) is 0. The number of fused-ring (bicyclic) bond motifs is 7. The SMILES string of the molecule is CCO[C@@]12OC3(CCC3)[C@@](C3CC3)(O1)C1(CCC1)[C@]1(CCC1=O)C21CCC1. The van der Waals surface area contributed by atoms with Crippen LogP contribution in [0.4, 0.5) is 0 Å². The minimum Gasteiger partial charge on any atom is -0.327 e. The van der Waals surface area contributed by atoms with E-state index in [0.29, 0.717) is 18.3 Å². The lowest BCUT2D eigenvalue weighted by molar-refractivity contribution is -0.486. The molecule has 5 aliphatic carbocycles. The van der Waals surface area contributed by atoms with Crippen LogP contribution in [0.25, 0.3) is 0 Å². The molecular weight excluding hydrogens is 340 g/mol. The largest absolute Gasteiger partial charge is 0.327 e. The molecule has 2 heterocycles. The van der Waals surface area contributed by atoms with Crippen LogP contribution in [0.3, 0.4) is 0 Å². The lowest BCUT2D eigenvalue weighted by Gasteiger charge is -2.78. The number of hydrogen-bond donors (Lipinski definition) is 0. The smallest absolute Gasteiger partial charge is 0.291 e. The monoisotopic (exact) mass is 372 g/mol. The highest BCUT2D eigenvalue weighted by molar-refractivity contribution is 5.93. The molecule has 0 aromatic carbocycles. The summed E-state index contributed by atoms with van der Waals surface area (Å²) >= 11 is 0. The summed E-state index contributed by atoms with van der Waals surface area (Å²) in [5.74, 6) is 0.141. The summed E-state index contributed by atoms with van der Waals surface area (Å²) in [6, 6.07) is 0. The maximum atomic E-state index is 13.6. The first-order valence-electron chi connectivity index (χ1n) is 11.7. The van der Waals surface area contributed by atoms with Crippen LogP contribution >= 0.6 is 0 Å². The molecule has 0 unspecified atom stereocenters. The van der Waals surface area contributed by atoms with E-state index < -0.39 is 5.97 Å². The molecule has 7 rings (SSSR count). The van der Waals surface area contributed by atoms with Crippen LogP contribution in [0.5, 0.6) is 0 Å². The lowest BCUT2D eigenvalue weighted by Crippen LogP contribution is -2.84. The van der Waals surface area contributed by atoms with Crippen molar-refractivity contribution in [2.45, 2.75) is 108 Å². The summed E-state index contributed by atoms with van der Waals surface area (Å²) in [7, 11) is 0. The van der Waals surface area contributed by atoms with Crippen LogP contribution in [-0.2, 0) is 19.0 Å². The summed E-state index contributed by atoms with van der Waals surface area (Å²) in [6.45, 7) is 2.65. The molecule has 2 aliphatic heterocycles. The second-order valence-electron chi connectivity index (χ2n) is 10.8. The number of rotatable bonds is 3. The molecule has 2 saturated heterocycles. The Hall–Kier alpha value is -0.450. The number of hydrogen-bond acceptors (Lipinski definition) is 4. The Labute approximate surface area is 161 Å². The van der Waals surface area contributed by atoms with Gasteiger partial charge in [0.15, 0.2) is 0 Å². The van der Waals surface area contributed by atoms with Crippen molar-refractivity contribution in [1.29, 1.82) is 0 Å². The Morgan fingerprint density at radius 1 is 0.926 bits per heavy atom. The molecule has 3 atom stereocenters. The number of carbonyl (C=O) groups is 1. The first-order chi connectivity index (χ1) is 13.1. The maximum absolute atomic E-state index is 13.6. The lowest BCUT2D eigenvalue weighted by atomic mass is 9.28. The van der Waals surface area contributed by atoms with E-state index in [1.807, 2.05) is 0 Å². The van der Waals surface area contributed by atoms with Gasteiger partial charge in [-0.15, -0.1) is 0 Å². The molecule has 2 bridgehead atoms. The number of ether oxygens (including phenoxy) is 3. The zero-order valence-electron chi connectivity index (χ0n) is 16.6. The van der Waals surface area contributed by atoms with Crippen LogP contribution in [0.2, 0.25) is 0 Å². The Morgan fingerprint density at radius 2 is 1.59 bits per heavy atom. The van der Waals surface area contributed by atoms with Crippen LogP contribution in [0.15, 0.2) is 0 Å². The molecule has 0 N–H and O–H groups in total. The van der Waals surface area contributed by atoms with E-state index in [9.17, 15) is 4.79 Å². The zero-order valence-corrected chi connectivity index (χ0v) is 16.6. The Kier molecular flexibility index (Phi) is 2.72. The van der Waals surface area contributed by atoms with Gasteiger partial charge in [0.25, 0.3) is 5.97 Å². The summed E-state index contributed by atoms with van der Waals surface area (Å²) in [4.78, 5) is 13.6. The van der Waals surface area contributed by atoms with Crippen LogP contribution in [-0.4, -0.2) is 29.6 Å². The third-order valence-electron chi connectivity index (χ3n) is 10.5. The fourth-order valence-electron chi connectivity index (χ4n) is 9.20. The average molecular weight is 373 g/mol. The first kappa shape index (κ1) is 16.4. The first-order valence-corrected chi connectivity index (χ1v) is 11.7. The van der Waals surface area contributed by atoms with Gasteiger partial charge in [-0.1, -0.05) is 12.8 Å². The van der Waals surface area contributed by atoms with Crippen molar-refractivity contribution in [1.82, 2.24) is 0 Å². The van der Waals surface area contributed by atoms with Gasteiger partial charge in [-0.05, 0) is 77.0 Å². The molecule has 0 amide bonds. The van der Waals surface area contributed by atoms with Crippen LogP contribution < -0.4 is 0 Å². The van der Waals surface area contributed by atoms with Crippen molar-refractivity contribution < 1.29 is 19.0 Å². The van der Waals surface area contributed by atoms with E-state index in [0.717, 1.165) is 38.5 Å². The molecule has 148 valence electrons. The Bertz CT molecular complexity index is 729. The minimum absolute atomic E-state index is 0.0223. The van der Waals surface area contributed by atoms with Gasteiger partial charge in [-0.2, -0.15) is 0 Å². The van der Waals surface area contributed by atoms with Gasteiger partial charge in [-0.25, -0.2) is 0 Å². The summed E-state index contributed by atoms with van der Waals surface area (Å²) in [5.41, 5.74) is -0.891. The third kappa shape index (κ3) is 1.27. The molecule has 5 saturated carbocycles. The van der Waals surface area contributed by atoms with E-state index >= 15 is 0 Å². The molecule has 4 heteroatoms. The van der Waals surface area contributed by atoms with Crippen molar-refractivity contribution in [2.75, 3.05) is 6.61 Å². The van der Waals surface area contributed by atoms with E-state index in [4.69, 9.17) is 14.2 Å². The fraction of sp³-hybridized carbons (Fsp3) is 0.957. The molecule has 4 spiro atoms. The fourth-order valence-corrected chi connectivity index (χ4v) is 9.20. The number of Topliss-reactive ketones (excluding diaryl/α,β-unsaturated/α-hetero) is 1. The zero-order chi connectivity index (χ0) is 18.2. The van der Waals surface area contributed by atoms with Gasteiger partial charge < -0.3 is 14.2 Å². The quantitative estimate of drug-likeness (QED) is 0.732. The molecule has 7 aliphatic rings. The molecule has 0 aromatic rings. The second kappa shape index (κ2) is 4.49. The molecule has 4 nitrogen and oxygen atoms in total. The maximum Gasteiger partial charge on any atom is 0.291 e. The normalized spacial score (nSPS) is 49.7.